The minimum atomic E-state index is -0.0980. The molecular formula is C13H16ClNO. The predicted molar refractivity (Wildman–Crippen MR) is 65.7 cm³/mol. The molecule has 1 amide bonds. The molecule has 0 saturated carbocycles. The van der Waals surface area contributed by atoms with Gasteiger partial charge in [0.05, 0.1) is 6.04 Å². The molecule has 0 fully saturated rings. The van der Waals surface area contributed by atoms with Crippen LogP contribution < -0.4 is 5.32 Å². The second-order valence-electron chi connectivity index (χ2n) is 4.93. The number of carbonyl (C=O) groups excluding carboxylic acids is 1. The summed E-state index contributed by atoms with van der Waals surface area (Å²) in [6, 6.07) is 8.40. The summed E-state index contributed by atoms with van der Waals surface area (Å²) in [5.74, 6) is -0.0711. The Hall–Kier alpha value is -1.02. The Morgan fingerprint density at radius 1 is 1.50 bits per heavy atom. The van der Waals surface area contributed by atoms with Gasteiger partial charge in [-0.1, -0.05) is 38.1 Å². The van der Waals surface area contributed by atoms with Crippen molar-refractivity contribution in [3.05, 3.63) is 35.4 Å². The largest absolute Gasteiger partial charge is 0.348 e. The van der Waals surface area contributed by atoms with Gasteiger partial charge in [0, 0.05) is 0 Å². The quantitative estimate of drug-likeness (QED) is 0.788. The number of rotatable bonds is 2. The lowest BCUT2D eigenvalue weighted by Crippen LogP contribution is -2.29. The van der Waals surface area contributed by atoms with Crippen molar-refractivity contribution >= 4 is 17.5 Å². The first kappa shape index (κ1) is 11.5. The molecule has 1 aliphatic rings. The van der Waals surface area contributed by atoms with Crippen LogP contribution in [0.3, 0.4) is 0 Å². The average molecular weight is 238 g/mol. The molecule has 0 saturated heterocycles. The molecule has 1 aromatic carbocycles. The second kappa shape index (κ2) is 4.10. The molecule has 0 spiro atoms. The van der Waals surface area contributed by atoms with Gasteiger partial charge in [0.1, 0.15) is 5.88 Å². The first-order valence-electron chi connectivity index (χ1n) is 5.49. The third-order valence-electron chi connectivity index (χ3n) is 3.24. The maximum absolute atomic E-state index is 11.3. The number of benzene rings is 1. The highest BCUT2D eigenvalue weighted by atomic mass is 35.5. The van der Waals surface area contributed by atoms with Gasteiger partial charge in [0.25, 0.3) is 0 Å². The number of halogens is 1. The van der Waals surface area contributed by atoms with Crippen molar-refractivity contribution in [2.24, 2.45) is 0 Å². The standard InChI is InChI=1S/C13H16ClNO/c1-13(2)7-11(15-12(16)8-14)9-5-3-4-6-10(9)13/h3-6,11H,7-8H2,1-2H3,(H,15,16)/t11-/m1/s1. The van der Waals surface area contributed by atoms with E-state index in [2.05, 4.69) is 31.3 Å². The minimum absolute atomic E-state index is 0.0269. The summed E-state index contributed by atoms with van der Waals surface area (Å²) in [4.78, 5) is 11.3. The van der Waals surface area contributed by atoms with Crippen LogP contribution in [0.2, 0.25) is 0 Å². The van der Waals surface area contributed by atoms with Crippen molar-refractivity contribution in [2.45, 2.75) is 31.7 Å². The predicted octanol–water partition coefficient (Wildman–Crippen LogP) is 2.76. The summed E-state index contributed by atoms with van der Waals surface area (Å²) in [6.45, 7) is 4.41. The monoisotopic (exact) mass is 237 g/mol. The highest BCUT2D eigenvalue weighted by Crippen LogP contribution is 2.44. The number of fused-ring (bicyclic) bond motifs is 1. The fraction of sp³-hybridized carbons (Fsp3) is 0.462. The number of alkyl halides is 1. The van der Waals surface area contributed by atoms with E-state index in [9.17, 15) is 4.79 Å². The summed E-state index contributed by atoms with van der Waals surface area (Å²) in [5.41, 5.74) is 2.68. The van der Waals surface area contributed by atoms with E-state index in [0.29, 0.717) is 0 Å². The van der Waals surface area contributed by atoms with Crippen LogP contribution in [0, 0.1) is 0 Å². The van der Waals surface area contributed by atoms with E-state index in [0.717, 1.165) is 6.42 Å². The van der Waals surface area contributed by atoms with Gasteiger partial charge in [-0.05, 0) is 23.0 Å². The molecule has 0 aromatic heterocycles. The maximum atomic E-state index is 11.3. The molecule has 0 aliphatic heterocycles. The summed E-state index contributed by atoms with van der Waals surface area (Å²) in [5, 5.41) is 2.97. The van der Waals surface area contributed by atoms with Gasteiger partial charge in [-0.15, -0.1) is 11.6 Å². The molecule has 1 N–H and O–H groups in total. The van der Waals surface area contributed by atoms with Crippen LogP contribution in [0.5, 0.6) is 0 Å². The van der Waals surface area contributed by atoms with Crippen LogP contribution >= 0.6 is 11.6 Å². The van der Waals surface area contributed by atoms with E-state index in [4.69, 9.17) is 11.6 Å². The normalized spacial score (nSPS) is 21.6. The van der Waals surface area contributed by atoms with Crippen molar-refractivity contribution in [1.29, 1.82) is 0 Å². The van der Waals surface area contributed by atoms with Gasteiger partial charge in [-0.3, -0.25) is 4.79 Å². The number of carbonyl (C=O) groups is 1. The lowest BCUT2D eigenvalue weighted by molar-refractivity contribution is -0.119. The molecule has 0 unspecified atom stereocenters. The third-order valence-corrected chi connectivity index (χ3v) is 3.48. The van der Waals surface area contributed by atoms with Crippen LogP contribution in [0.25, 0.3) is 0 Å². The Kier molecular flexibility index (Phi) is 2.94. The molecule has 2 nitrogen and oxygen atoms in total. The Balaban J connectivity index is 2.30. The van der Waals surface area contributed by atoms with Gasteiger partial charge in [-0.2, -0.15) is 0 Å². The highest BCUT2D eigenvalue weighted by molar-refractivity contribution is 6.27. The van der Waals surface area contributed by atoms with E-state index < -0.39 is 0 Å². The van der Waals surface area contributed by atoms with Crippen LogP contribution in [0.1, 0.15) is 37.4 Å². The molecule has 1 atom stereocenters. The lowest BCUT2D eigenvalue weighted by Gasteiger charge is -2.19. The molecule has 86 valence electrons. The zero-order valence-corrected chi connectivity index (χ0v) is 10.3. The Labute approximate surface area is 101 Å². The average Bonchev–Trinajstić information content (AvgIpc) is 2.51. The topological polar surface area (TPSA) is 29.1 Å². The molecule has 0 radical (unpaired) electrons. The summed E-state index contributed by atoms with van der Waals surface area (Å²) in [6.07, 6.45) is 0.939. The SMILES string of the molecule is CC1(C)C[C@@H](NC(=O)CCl)c2ccccc21. The van der Waals surface area contributed by atoms with E-state index in [1.165, 1.54) is 11.1 Å². The van der Waals surface area contributed by atoms with Crippen molar-refractivity contribution in [1.82, 2.24) is 5.32 Å². The van der Waals surface area contributed by atoms with Crippen LogP contribution in [0.15, 0.2) is 24.3 Å². The lowest BCUT2D eigenvalue weighted by atomic mass is 9.86. The molecule has 3 heteroatoms. The molecule has 1 aliphatic carbocycles. The van der Waals surface area contributed by atoms with Crippen molar-refractivity contribution in [3.63, 3.8) is 0 Å². The fourth-order valence-corrected chi connectivity index (χ4v) is 2.59. The molecule has 16 heavy (non-hydrogen) atoms. The maximum Gasteiger partial charge on any atom is 0.235 e. The molecule has 0 bridgehead atoms. The molecule has 2 rings (SSSR count). The zero-order valence-electron chi connectivity index (χ0n) is 9.59. The second-order valence-corrected chi connectivity index (χ2v) is 5.20. The van der Waals surface area contributed by atoms with E-state index in [1.54, 1.807) is 0 Å². The first-order valence-corrected chi connectivity index (χ1v) is 6.03. The van der Waals surface area contributed by atoms with E-state index in [1.807, 2.05) is 12.1 Å². The van der Waals surface area contributed by atoms with Gasteiger partial charge in [0.2, 0.25) is 5.91 Å². The minimum Gasteiger partial charge on any atom is -0.348 e. The van der Waals surface area contributed by atoms with Gasteiger partial charge < -0.3 is 5.32 Å². The van der Waals surface area contributed by atoms with Crippen LogP contribution in [-0.4, -0.2) is 11.8 Å². The van der Waals surface area contributed by atoms with Crippen LogP contribution in [-0.2, 0) is 10.2 Å². The van der Waals surface area contributed by atoms with Crippen molar-refractivity contribution in [2.75, 3.05) is 5.88 Å². The number of hydrogen-bond acceptors (Lipinski definition) is 1. The van der Waals surface area contributed by atoms with E-state index in [-0.39, 0.29) is 23.2 Å². The fourth-order valence-electron chi connectivity index (χ4n) is 2.51. The third kappa shape index (κ3) is 1.94. The smallest absolute Gasteiger partial charge is 0.235 e. The van der Waals surface area contributed by atoms with Gasteiger partial charge in [-0.25, -0.2) is 0 Å². The van der Waals surface area contributed by atoms with Crippen molar-refractivity contribution < 1.29 is 4.79 Å². The van der Waals surface area contributed by atoms with E-state index >= 15 is 0 Å². The summed E-state index contributed by atoms with van der Waals surface area (Å²) in [7, 11) is 0. The first-order chi connectivity index (χ1) is 7.54. The summed E-state index contributed by atoms with van der Waals surface area (Å²) < 4.78 is 0. The zero-order chi connectivity index (χ0) is 11.8. The summed E-state index contributed by atoms with van der Waals surface area (Å²) >= 11 is 5.52. The molecular weight excluding hydrogens is 222 g/mol. The number of amides is 1. The van der Waals surface area contributed by atoms with Gasteiger partial charge >= 0.3 is 0 Å². The Morgan fingerprint density at radius 2 is 2.19 bits per heavy atom. The number of hydrogen-bond donors (Lipinski definition) is 1. The molecule has 1 aromatic rings. The van der Waals surface area contributed by atoms with Crippen LogP contribution in [0.4, 0.5) is 0 Å². The van der Waals surface area contributed by atoms with Crippen molar-refractivity contribution in [3.8, 4) is 0 Å². The van der Waals surface area contributed by atoms with Gasteiger partial charge in [0.15, 0.2) is 0 Å². The highest BCUT2D eigenvalue weighted by Gasteiger charge is 2.36. The number of nitrogens with one attached hydrogen (secondary N) is 1. The Morgan fingerprint density at radius 3 is 2.88 bits per heavy atom. The molecule has 0 heterocycles. The Bertz CT molecular complexity index is 414.